The third-order valence-corrected chi connectivity index (χ3v) is 7.97. The molecule has 5 atom stereocenters. The smallest absolute Gasteiger partial charge is 0.251 e. The van der Waals surface area contributed by atoms with Gasteiger partial charge in [-0.2, -0.15) is 5.10 Å². The molecule has 3 fully saturated rings. The number of fused-ring (bicyclic) bond motifs is 5. The Morgan fingerprint density at radius 3 is 2.67 bits per heavy atom. The van der Waals surface area contributed by atoms with Crippen LogP contribution < -0.4 is 5.56 Å². The molecule has 1 aliphatic carbocycles. The number of hydrogen-bond acceptors (Lipinski definition) is 4. The van der Waals surface area contributed by atoms with Crippen LogP contribution in [0.15, 0.2) is 35.3 Å². The van der Waals surface area contributed by atoms with Gasteiger partial charge in [-0.25, -0.2) is 0 Å². The van der Waals surface area contributed by atoms with Gasteiger partial charge in [0.2, 0.25) is 5.91 Å². The van der Waals surface area contributed by atoms with Gasteiger partial charge in [-0.05, 0) is 43.2 Å². The Morgan fingerprint density at radius 1 is 1.07 bits per heavy atom. The Kier molecular flexibility index (Phi) is 4.33. The average Bonchev–Trinajstić information content (AvgIpc) is 3.46. The number of nitrogens with one attached hydrogen (secondary N) is 1. The molecular formula is C23H29N5O2. The number of likely N-dealkylation sites (tertiary alicyclic amines) is 2. The lowest BCUT2D eigenvalue weighted by Crippen LogP contribution is -2.53. The molecule has 0 unspecified atom stereocenters. The molecule has 0 spiro atoms. The van der Waals surface area contributed by atoms with Gasteiger partial charge in [0, 0.05) is 68.2 Å². The highest BCUT2D eigenvalue weighted by Gasteiger charge is 2.47. The fraction of sp³-hybridized carbons (Fsp3) is 0.609. The van der Waals surface area contributed by atoms with Gasteiger partial charge in [0.15, 0.2) is 0 Å². The molecule has 7 heteroatoms. The summed E-state index contributed by atoms with van der Waals surface area (Å²) in [6.07, 6.45) is 6.57. The van der Waals surface area contributed by atoms with Gasteiger partial charge in [-0.1, -0.05) is 12.5 Å². The summed E-state index contributed by atoms with van der Waals surface area (Å²) in [5.41, 5.74) is 2.10. The summed E-state index contributed by atoms with van der Waals surface area (Å²) in [6, 6.07) is 7.17. The summed E-state index contributed by atoms with van der Waals surface area (Å²) in [7, 11) is 0. The predicted octanol–water partition coefficient (Wildman–Crippen LogP) is 1.99. The van der Waals surface area contributed by atoms with E-state index >= 15 is 0 Å². The second-order valence-corrected chi connectivity index (χ2v) is 9.77. The first-order chi connectivity index (χ1) is 14.7. The van der Waals surface area contributed by atoms with Crippen molar-refractivity contribution in [1.29, 1.82) is 0 Å². The van der Waals surface area contributed by atoms with Gasteiger partial charge < -0.3 is 4.90 Å². The van der Waals surface area contributed by atoms with Gasteiger partial charge >= 0.3 is 0 Å². The fourth-order valence-corrected chi connectivity index (χ4v) is 6.69. The van der Waals surface area contributed by atoms with E-state index in [-0.39, 0.29) is 23.4 Å². The van der Waals surface area contributed by atoms with E-state index in [1.807, 2.05) is 16.7 Å². The van der Waals surface area contributed by atoms with Crippen LogP contribution in [0.3, 0.4) is 0 Å². The quantitative estimate of drug-likeness (QED) is 0.845. The first-order valence-corrected chi connectivity index (χ1v) is 11.4. The van der Waals surface area contributed by atoms with E-state index < -0.39 is 0 Å². The highest BCUT2D eigenvalue weighted by atomic mass is 16.2. The topological polar surface area (TPSA) is 74.2 Å². The molecule has 30 heavy (non-hydrogen) atoms. The van der Waals surface area contributed by atoms with Crippen molar-refractivity contribution < 1.29 is 4.79 Å². The molecule has 2 aromatic rings. The van der Waals surface area contributed by atoms with Crippen LogP contribution in [0.2, 0.25) is 0 Å². The van der Waals surface area contributed by atoms with Crippen molar-refractivity contribution in [1.82, 2.24) is 24.6 Å². The molecule has 5 heterocycles. The zero-order valence-corrected chi connectivity index (χ0v) is 17.2. The summed E-state index contributed by atoms with van der Waals surface area (Å²) < 4.78 is 1.85. The van der Waals surface area contributed by atoms with E-state index in [1.165, 1.54) is 19.3 Å². The standard InChI is InChI=1S/C23H29N5O2/c29-21-6-2-5-20-17-9-18(11-26(10-17)14-19-7-8-24-25-19)22(28(20)21)23(30)27-12-15-3-1-4-16(15)13-27/h2,5-8,15-18,22H,1,3-4,9-14H2,(H,24,25)/t15-,16+,17-,18+,22-/m1/s1. The third kappa shape index (κ3) is 2.94. The molecular weight excluding hydrogens is 378 g/mol. The minimum absolute atomic E-state index is 0.0260. The van der Waals surface area contributed by atoms with Crippen molar-refractivity contribution in [3.8, 4) is 0 Å². The monoisotopic (exact) mass is 407 g/mol. The van der Waals surface area contributed by atoms with Crippen LogP contribution in [0.5, 0.6) is 0 Å². The Labute approximate surface area is 176 Å². The van der Waals surface area contributed by atoms with E-state index in [2.05, 4.69) is 26.1 Å². The van der Waals surface area contributed by atoms with Crippen LogP contribution in [0, 0.1) is 17.8 Å². The number of piperidine rings is 1. The van der Waals surface area contributed by atoms with Gasteiger partial charge in [-0.3, -0.25) is 24.2 Å². The molecule has 0 radical (unpaired) electrons. The van der Waals surface area contributed by atoms with Gasteiger partial charge in [0.25, 0.3) is 5.56 Å². The number of carbonyl (C=O) groups excluding carboxylic acids is 1. The maximum atomic E-state index is 13.8. The SMILES string of the molecule is O=C([C@H]1[C@H]2C[C@H](CN(Cc3ccn[nH]3)C2)c2cccc(=O)n21)N1C[C@H]2CCC[C@H]2C1. The first kappa shape index (κ1) is 18.4. The molecule has 2 aromatic heterocycles. The van der Waals surface area contributed by atoms with Gasteiger partial charge in [-0.15, -0.1) is 0 Å². The normalized spacial score (nSPS) is 32.8. The Hall–Kier alpha value is -2.41. The molecule has 7 nitrogen and oxygen atoms in total. The fourth-order valence-electron chi connectivity index (χ4n) is 6.69. The molecule has 2 saturated heterocycles. The summed E-state index contributed by atoms with van der Waals surface area (Å²) in [4.78, 5) is 31.2. The Bertz CT molecular complexity index is 987. The number of carbonyl (C=O) groups is 1. The van der Waals surface area contributed by atoms with Crippen LogP contribution in [0.4, 0.5) is 0 Å². The number of aromatic nitrogens is 3. The summed E-state index contributed by atoms with van der Waals surface area (Å²) in [5, 5.41) is 7.13. The number of pyridine rings is 1. The highest BCUT2D eigenvalue weighted by molar-refractivity contribution is 5.81. The molecule has 2 bridgehead atoms. The van der Waals surface area contributed by atoms with Crippen molar-refractivity contribution >= 4 is 5.91 Å². The second kappa shape index (κ2) is 7.08. The van der Waals surface area contributed by atoms with Crippen molar-refractivity contribution in [3.63, 3.8) is 0 Å². The lowest BCUT2D eigenvalue weighted by molar-refractivity contribution is -0.137. The number of H-pyrrole nitrogens is 1. The number of amides is 1. The summed E-state index contributed by atoms with van der Waals surface area (Å²) >= 11 is 0. The molecule has 1 amide bonds. The van der Waals surface area contributed by atoms with E-state index in [0.717, 1.165) is 50.5 Å². The molecule has 0 aromatic carbocycles. The predicted molar refractivity (Wildman–Crippen MR) is 112 cm³/mol. The highest BCUT2D eigenvalue weighted by Crippen LogP contribution is 2.44. The van der Waals surface area contributed by atoms with Crippen molar-refractivity contribution in [3.05, 3.63) is 52.2 Å². The maximum Gasteiger partial charge on any atom is 0.251 e. The number of rotatable bonds is 3. The van der Waals surface area contributed by atoms with E-state index in [4.69, 9.17) is 0 Å². The van der Waals surface area contributed by atoms with E-state index in [0.29, 0.717) is 17.8 Å². The zero-order chi connectivity index (χ0) is 20.2. The van der Waals surface area contributed by atoms with Gasteiger partial charge in [0.05, 0.1) is 0 Å². The van der Waals surface area contributed by atoms with Crippen molar-refractivity contribution in [2.24, 2.45) is 17.8 Å². The van der Waals surface area contributed by atoms with Gasteiger partial charge in [0.1, 0.15) is 6.04 Å². The first-order valence-electron chi connectivity index (χ1n) is 11.4. The zero-order valence-electron chi connectivity index (χ0n) is 17.2. The number of hydrogen-bond donors (Lipinski definition) is 1. The van der Waals surface area contributed by atoms with Crippen LogP contribution >= 0.6 is 0 Å². The van der Waals surface area contributed by atoms with Crippen LogP contribution in [0.25, 0.3) is 0 Å². The summed E-state index contributed by atoms with van der Waals surface area (Å²) in [6.45, 7) is 4.32. The van der Waals surface area contributed by atoms with E-state index in [9.17, 15) is 9.59 Å². The molecule has 158 valence electrons. The Morgan fingerprint density at radius 2 is 1.90 bits per heavy atom. The molecule has 6 rings (SSSR count). The largest absolute Gasteiger partial charge is 0.340 e. The van der Waals surface area contributed by atoms with Crippen LogP contribution in [-0.4, -0.2) is 56.7 Å². The van der Waals surface area contributed by atoms with Crippen molar-refractivity contribution in [2.45, 2.75) is 44.2 Å². The van der Waals surface area contributed by atoms with Crippen LogP contribution in [-0.2, 0) is 11.3 Å². The third-order valence-electron chi connectivity index (χ3n) is 7.97. The number of aromatic amines is 1. The van der Waals surface area contributed by atoms with Crippen molar-refractivity contribution in [2.75, 3.05) is 26.2 Å². The Balaban J connectivity index is 1.33. The molecule has 4 aliphatic rings. The molecule has 1 saturated carbocycles. The number of nitrogens with zero attached hydrogens (tertiary/aromatic N) is 4. The second-order valence-electron chi connectivity index (χ2n) is 9.77. The van der Waals surface area contributed by atoms with E-state index in [1.54, 1.807) is 12.3 Å². The average molecular weight is 408 g/mol. The summed E-state index contributed by atoms with van der Waals surface area (Å²) in [5.74, 6) is 1.97. The maximum absolute atomic E-state index is 13.8. The minimum Gasteiger partial charge on any atom is -0.340 e. The lowest BCUT2D eigenvalue weighted by Gasteiger charge is -2.47. The minimum atomic E-state index is -0.367. The lowest BCUT2D eigenvalue weighted by atomic mass is 9.78. The van der Waals surface area contributed by atoms with Crippen LogP contribution in [0.1, 0.15) is 49.0 Å². The molecule has 3 aliphatic heterocycles. The molecule has 1 N–H and O–H groups in total.